The Morgan fingerprint density at radius 3 is 2.38 bits per heavy atom. The minimum atomic E-state index is -0.0482. The van der Waals surface area contributed by atoms with Crippen LogP contribution in [0.1, 0.15) is 30.5 Å². The second-order valence-corrected chi connectivity index (χ2v) is 8.68. The third-order valence-corrected chi connectivity index (χ3v) is 6.29. The molecule has 24 heavy (non-hydrogen) atoms. The number of benzene rings is 2. The van der Waals surface area contributed by atoms with Gasteiger partial charge in [-0.2, -0.15) is 10.5 Å². The van der Waals surface area contributed by atoms with Crippen molar-refractivity contribution in [3.8, 4) is 5.75 Å². The van der Waals surface area contributed by atoms with Gasteiger partial charge in [-0.1, -0.05) is 55.6 Å². The van der Waals surface area contributed by atoms with Crippen molar-refractivity contribution in [3.05, 3.63) is 71.8 Å². The van der Waals surface area contributed by atoms with Gasteiger partial charge >= 0.3 is 0 Å². The van der Waals surface area contributed by atoms with Crippen molar-refractivity contribution in [1.29, 1.82) is 0 Å². The normalized spacial score (nSPS) is 12.7. The first kappa shape index (κ1) is 18.5. The van der Waals surface area contributed by atoms with Gasteiger partial charge in [0, 0.05) is 10.6 Å². The zero-order valence-corrected chi connectivity index (χ0v) is 16.1. The zero-order chi connectivity index (χ0) is 17.7. The lowest BCUT2D eigenvalue weighted by atomic mass is 9.97. The van der Waals surface area contributed by atoms with Gasteiger partial charge in [0.25, 0.3) is 0 Å². The van der Waals surface area contributed by atoms with Gasteiger partial charge in [0.05, 0.1) is 7.11 Å². The Labute approximate surface area is 149 Å². The molecule has 0 aliphatic heterocycles. The minimum absolute atomic E-state index is 0.0482. The number of hydrogen-bond donors (Lipinski definition) is 0. The highest BCUT2D eigenvalue weighted by Crippen LogP contribution is 2.36. The van der Waals surface area contributed by atoms with Gasteiger partial charge in [0.2, 0.25) is 0 Å². The highest BCUT2D eigenvalue weighted by atomic mass is 32.2. The SMILES string of the molecule is C=CC(C)(C)CS(=C)c1ccc(C)cc1Cc1ccc(OC)cc1. The molecule has 2 rings (SSSR count). The maximum Gasteiger partial charge on any atom is 0.118 e. The summed E-state index contributed by atoms with van der Waals surface area (Å²) < 4.78 is 5.25. The summed E-state index contributed by atoms with van der Waals surface area (Å²) in [6, 6.07) is 15.1. The van der Waals surface area contributed by atoms with Crippen molar-refractivity contribution in [3.63, 3.8) is 0 Å². The van der Waals surface area contributed by atoms with Crippen molar-refractivity contribution in [2.75, 3.05) is 12.9 Å². The molecule has 128 valence electrons. The molecule has 0 spiro atoms. The van der Waals surface area contributed by atoms with Gasteiger partial charge in [0.1, 0.15) is 5.75 Å². The molecule has 0 heterocycles. The summed E-state index contributed by atoms with van der Waals surface area (Å²) in [4.78, 5) is 1.37. The van der Waals surface area contributed by atoms with E-state index < -0.39 is 0 Å². The lowest BCUT2D eigenvalue weighted by Gasteiger charge is -2.23. The van der Waals surface area contributed by atoms with Crippen LogP contribution in [0.25, 0.3) is 0 Å². The number of ether oxygens (including phenoxy) is 1. The molecule has 2 aromatic carbocycles. The zero-order valence-electron chi connectivity index (χ0n) is 15.3. The van der Waals surface area contributed by atoms with Crippen LogP contribution in [0.3, 0.4) is 0 Å². The highest BCUT2D eigenvalue weighted by Gasteiger charge is 2.16. The molecule has 0 aliphatic rings. The summed E-state index contributed by atoms with van der Waals surface area (Å²) in [6.45, 7) is 10.6. The molecule has 0 amide bonds. The number of methoxy groups -OCH3 is 1. The highest BCUT2D eigenvalue weighted by molar-refractivity contribution is 8.14. The van der Waals surface area contributed by atoms with Crippen molar-refractivity contribution in [1.82, 2.24) is 0 Å². The van der Waals surface area contributed by atoms with Gasteiger partial charge in [-0.25, -0.2) is 0 Å². The molecular weight excluding hydrogens is 312 g/mol. The van der Waals surface area contributed by atoms with E-state index in [4.69, 9.17) is 4.74 Å². The molecule has 0 saturated heterocycles. The average Bonchev–Trinajstić information content (AvgIpc) is 2.55. The lowest BCUT2D eigenvalue weighted by Crippen LogP contribution is -2.12. The molecule has 0 radical (unpaired) electrons. The van der Waals surface area contributed by atoms with Gasteiger partial charge in [-0.05, 0) is 48.1 Å². The molecule has 0 aromatic heterocycles. The van der Waals surface area contributed by atoms with E-state index in [-0.39, 0.29) is 15.9 Å². The third kappa shape index (κ3) is 4.85. The Morgan fingerprint density at radius 2 is 1.79 bits per heavy atom. The predicted molar refractivity (Wildman–Crippen MR) is 109 cm³/mol. The topological polar surface area (TPSA) is 9.23 Å². The van der Waals surface area contributed by atoms with Crippen LogP contribution in [0.4, 0.5) is 0 Å². The summed E-state index contributed by atoms with van der Waals surface area (Å²) in [5.41, 5.74) is 4.07. The van der Waals surface area contributed by atoms with E-state index in [1.807, 2.05) is 18.2 Å². The van der Waals surface area contributed by atoms with E-state index in [9.17, 15) is 0 Å². The molecule has 0 N–H and O–H groups in total. The summed E-state index contributed by atoms with van der Waals surface area (Å²) in [7, 11) is 1.65. The van der Waals surface area contributed by atoms with E-state index in [2.05, 4.69) is 63.6 Å². The van der Waals surface area contributed by atoms with E-state index >= 15 is 0 Å². The fourth-order valence-corrected chi connectivity index (χ4v) is 4.61. The monoisotopic (exact) mass is 340 g/mol. The van der Waals surface area contributed by atoms with E-state index in [0.717, 1.165) is 17.9 Å². The van der Waals surface area contributed by atoms with Crippen molar-refractivity contribution in [2.45, 2.75) is 32.1 Å². The Balaban J connectivity index is 2.29. The van der Waals surface area contributed by atoms with Crippen LogP contribution in [0.2, 0.25) is 0 Å². The van der Waals surface area contributed by atoms with Crippen LogP contribution in [0.5, 0.6) is 5.75 Å². The van der Waals surface area contributed by atoms with Crippen LogP contribution in [-0.2, 0) is 6.42 Å². The maximum absolute atomic E-state index is 5.25. The quantitative estimate of drug-likeness (QED) is 0.452. The Bertz CT molecular complexity index is 726. The molecular formula is C22H28OS. The smallest absolute Gasteiger partial charge is 0.118 e. The molecule has 0 bridgehead atoms. The van der Waals surface area contributed by atoms with E-state index in [1.54, 1.807) is 7.11 Å². The number of allylic oxidation sites excluding steroid dienone is 1. The Hall–Kier alpha value is -1.80. The molecule has 0 saturated carbocycles. The summed E-state index contributed by atoms with van der Waals surface area (Å²) in [6.07, 6.45) is 2.96. The van der Waals surface area contributed by atoms with Crippen molar-refractivity contribution < 1.29 is 4.74 Å². The molecule has 0 aliphatic carbocycles. The van der Waals surface area contributed by atoms with Gasteiger partial charge in [-0.15, -0.1) is 6.58 Å². The first-order valence-electron chi connectivity index (χ1n) is 8.21. The standard InChI is InChI=1S/C22H28OS/c1-7-22(3,4)16-24(6)21-13-8-17(2)14-19(21)15-18-9-11-20(23-5)12-10-18/h7-14H,1,6,15-16H2,2-5H3. The molecule has 1 unspecified atom stereocenters. The molecule has 1 nitrogen and oxygen atoms in total. The van der Waals surface area contributed by atoms with Crippen LogP contribution in [0.15, 0.2) is 60.0 Å². The second-order valence-electron chi connectivity index (χ2n) is 6.97. The van der Waals surface area contributed by atoms with E-state index in [0.29, 0.717) is 0 Å². The summed E-state index contributed by atoms with van der Waals surface area (Å²) in [5.74, 6) is 6.38. The fourth-order valence-electron chi connectivity index (χ4n) is 2.68. The first-order chi connectivity index (χ1) is 11.3. The number of hydrogen-bond acceptors (Lipinski definition) is 1. The molecule has 1 atom stereocenters. The minimum Gasteiger partial charge on any atom is -0.497 e. The lowest BCUT2D eigenvalue weighted by molar-refractivity contribution is 0.414. The van der Waals surface area contributed by atoms with Crippen molar-refractivity contribution >= 4 is 16.4 Å². The number of aryl methyl sites for hydroxylation is 1. The average molecular weight is 341 g/mol. The third-order valence-electron chi connectivity index (χ3n) is 4.18. The van der Waals surface area contributed by atoms with Crippen LogP contribution in [0, 0.1) is 12.3 Å². The van der Waals surface area contributed by atoms with Gasteiger partial charge in [0.15, 0.2) is 0 Å². The molecule has 2 aromatic rings. The summed E-state index contributed by atoms with van der Waals surface area (Å²) >= 11 is 0. The van der Waals surface area contributed by atoms with Crippen LogP contribution >= 0.6 is 10.5 Å². The predicted octanol–water partition coefficient (Wildman–Crippen LogP) is 5.87. The van der Waals surface area contributed by atoms with Crippen molar-refractivity contribution in [2.24, 2.45) is 5.41 Å². The van der Waals surface area contributed by atoms with E-state index in [1.165, 1.54) is 21.6 Å². The van der Waals surface area contributed by atoms with Gasteiger partial charge in [-0.3, -0.25) is 0 Å². The maximum atomic E-state index is 5.25. The fraction of sp³-hybridized carbons (Fsp3) is 0.318. The van der Waals surface area contributed by atoms with Crippen LogP contribution < -0.4 is 4.74 Å². The second kappa shape index (κ2) is 7.85. The molecule has 2 heteroatoms. The van der Waals surface area contributed by atoms with Crippen LogP contribution in [-0.4, -0.2) is 18.7 Å². The molecule has 0 fully saturated rings. The Kier molecular flexibility index (Phi) is 6.06. The largest absolute Gasteiger partial charge is 0.497 e. The number of rotatable bonds is 7. The first-order valence-corrected chi connectivity index (χ1v) is 9.77. The van der Waals surface area contributed by atoms with Gasteiger partial charge < -0.3 is 4.74 Å². The Morgan fingerprint density at radius 1 is 1.12 bits per heavy atom. The summed E-state index contributed by atoms with van der Waals surface area (Å²) in [5, 5.41) is 0.